The third-order valence-corrected chi connectivity index (χ3v) is 6.08. The summed E-state index contributed by atoms with van der Waals surface area (Å²) in [5, 5.41) is 9.25. The van der Waals surface area contributed by atoms with Crippen LogP contribution in [0.4, 0.5) is 4.39 Å². The third kappa shape index (κ3) is 4.27. The van der Waals surface area contributed by atoms with Gasteiger partial charge in [0.05, 0.1) is 5.75 Å². The Kier molecular flexibility index (Phi) is 6.32. The number of allylic oxidation sites excluding steroid dienone is 1. The maximum absolute atomic E-state index is 13.3. The number of ketones is 1. The van der Waals surface area contributed by atoms with Crippen molar-refractivity contribution in [3.8, 4) is 17.1 Å². The van der Waals surface area contributed by atoms with E-state index in [0.717, 1.165) is 22.6 Å². The first-order valence-corrected chi connectivity index (χ1v) is 11.0. The van der Waals surface area contributed by atoms with Crippen molar-refractivity contribution in [1.29, 1.82) is 0 Å². The van der Waals surface area contributed by atoms with E-state index in [1.54, 1.807) is 30.6 Å². The maximum Gasteiger partial charge on any atom is 0.192 e. The number of hydrogen-bond acceptors (Lipinski definition) is 5. The molecule has 0 fully saturated rings. The van der Waals surface area contributed by atoms with Crippen LogP contribution in [-0.4, -0.2) is 35.9 Å². The number of nitrogens with zero attached hydrogens (tertiary/aromatic N) is 5. The van der Waals surface area contributed by atoms with Crippen LogP contribution in [-0.2, 0) is 6.54 Å². The Labute approximate surface area is 189 Å². The lowest BCUT2D eigenvalue weighted by Crippen LogP contribution is -2.07. The third-order valence-electron chi connectivity index (χ3n) is 5.12. The molecule has 32 heavy (non-hydrogen) atoms. The van der Waals surface area contributed by atoms with Crippen molar-refractivity contribution in [3.05, 3.63) is 90.3 Å². The van der Waals surface area contributed by atoms with Crippen molar-refractivity contribution in [2.75, 3.05) is 5.75 Å². The van der Waals surface area contributed by atoms with Gasteiger partial charge in [-0.15, -0.1) is 16.8 Å². The van der Waals surface area contributed by atoms with Crippen LogP contribution < -0.4 is 0 Å². The first kappa shape index (κ1) is 21.7. The maximum atomic E-state index is 13.3. The van der Waals surface area contributed by atoms with Crippen molar-refractivity contribution < 1.29 is 9.18 Å². The van der Waals surface area contributed by atoms with Gasteiger partial charge < -0.3 is 4.57 Å². The summed E-state index contributed by atoms with van der Waals surface area (Å²) >= 11 is 1.34. The molecule has 0 N–H and O–H groups in total. The van der Waals surface area contributed by atoms with Crippen LogP contribution in [0.25, 0.3) is 17.1 Å². The highest BCUT2D eigenvalue weighted by Gasteiger charge is 2.19. The van der Waals surface area contributed by atoms with Crippen LogP contribution >= 0.6 is 11.8 Å². The molecule has 0 spiro atoms. The van der Waals surface area contributed by atoms with Crippen LogP contribution in [0.2, 0.25) is 0 Å². The minimum atomic E-state index is -0.293. The Morgan fingerprint density at radius 1 is 1.12 bits per heavy atom. The molecule has 8 heteroatoms. The van der Waals surface area contributed by atoms with Crippen molar-refractivity contribution >= 4 is 17.5 Å². The van der Waals surface area contributed by atoms with Gasteiger partial charge in [0.25, 0.3) is 0 Å². The van der Waals surface area contributed by atoms with Crippen molar-refractivity contribution in [2.45, 2.75) is 25.5 Å². The lowest BCUT2D eigenvalue weighted by molar-refractivity contribution is 0.102. The molecule has 3 aromatic heterocycles. The molecule has 0 aliphatic rings. The molecular weight excluding hydrogens is 425 g/mol. The Morgan fingerprint density at radius 2 is 1.84 bits per heavy atom. The summed E-state index contributed by atoms with van der Waals surface area (Å²) in [4.78, 5) is 17.1. The highest BCUT2D eigenvalue weighted by molar-refractivity contribution is 7.99. The predicted octanol–water partition coefficient (Wildman–Crippen LogP) is 5.05. The van der Waals surface area contributed by atoms with Gasteiger partial charge in [0, 0.05) is 47.1 Å². The number of aromatic nitrogens is 5. The summed E-state index contributed by atoms with van der Waals surface area (Å²) in [6.45, 7) is 8.18. The van der Waals surface area contributed by atoms with E-state index in [-0.39, 0.29) is 17.4 Å². The molecule has 0 saturated heterocycles. The Morgan fingerprint density at radius 3 is 2.53 bits per heavy atom. The van der Waals surface area contributed by atoms with Gasteiger partial charge >= 0.3 is 0 Å². The molecule has 0 unspecified atom stereocenters. The average molecular weight is 448 g/mol. The highest BCUT2D eigenvalue weighted by atomic mass is 32.2. The zero-order valence-corrected chi connectivity index (χ0v) is 18.6. The summed E-state index contributed by atoms with van der Waals surface area (Å²) in [6, 6.07) is 11.9. The SMILES string of the molecule is C=CCn1c(SCC(=O)c2cc(C)n(-c3ccc(F)cc3)c2C)nnc1-c1ccncc1. The van der Waals surface area contributed by atoms with Crippen LogP contribution in [0.15, 0.2) is 72.7 Å². The number of thioether (sulfide) groups is 1. The molecule has 3 heterocycles. The molecule has 0 aliphatic carbocycles. The van der Waals surface area contributed by atoms with Crippen LogP contribution in [0.3, 0.4) is 0 Å². The topological polar surface area (TPSA) is 65.6 Å². The lowest BCUT2D eigenvalue weighted by atomic mass is 10.2. The Balaban J connectivity index is 1.56. The van der Waals surface area contributed by atoms with Crippen molar-refractivity contribution in [2.24, 2.45) is 0 Å². The average Bonchev–Trinajstić information content (AvgIpc) is 3.34. The second kappa shape index (κ2) is 9.32. The van der Waals surface area contributed by atoms with Gasteiger partial charge in [0.1, 0.15) is 5.82 Å². The van der Waals surface area contributed by atoms with Crippen LogP contribution in [0.1, 0.15) is 21.7 Å². The summed E-state index contributed by atoms with van der Waals surface area (Å²) in [5.74, 6) is 0.629. The Hall–Kier alpha value is -3.52. The minimum absolute atomic E-state index is 0.00456. The molecule has 0 saturated carbocycles. The molecule has 4 rings (SSSR count). The van der Waals surface area contributed by atoms with E-state index in [1.165, 1.54) is 23.9 Å². The number of Topliss-reactive ketones (excluding diaryl/α,β-unsaturated/α-hetero) is 1. The number of halogens is 1. The molecule has 1 aromatic carbocycles. The normalized spacial score (nSPS) is 11.0. The number of aryl methyl sites for hydroxylation is 1. The van der Waals surface area contributed by atoms with E-state index < -0.39 is 0 Å². The number of carbonyl (C=O) groups excluding carboxylic acids is 1. The lowest BCUT2D eigenvalue weighted by Gasteiger charge is -2.10. The van der Waals surface area contributed by atoms with Gasteiger partial charge in [-0.2, -0.15) is 0 Å². The van der Waals surface area contributed by atoms with Gasteiger partial charge in [0.15, 0.2) is 16.8 Å². The number of hydrogen-bond donors (Lipinski definition) is 0. The van der Waals surface area contributed by atoms with E-state index in [0.29, 0.717) is 23.1 Å². The number of benzene rings is 1. The van der Waals surface area contributed by atoms with E-state index >= 15 is 0 Å². The fourth-order valence-electron chi connectivity index (χ4n) is 3.64. The summed E-state index contributed by atoms with van der Waals surface area (Å²) in [5.41, 5.74) is 4.10. The van der Waals surface area contributed by atoms with E-state index in [1.807, 2.05) is 41.2 Å². The van der Waals surface area contributed by atoms with Gasteiger partial charge in [0.2, 0.25) is 0 Å². The van der Waals surface area contributed by atoms with Crippen molar-refractivity contribution in [1.82, 2.24) is 24.3 Å². The fraction of sp³-hybridized carbons (Fsp3) is 0.167. The Bertz CT molecular complexity index is 1260. The van der Waals surface area contributed by atoms with Gasteiger partial charge in [-0.05, 0) is 56.3 Å². The first-order chi connectivity index (χ1) is 15.5. The number of rotatable bonds is 8. The molecule has 0 bridgehead atoms. The predicted molar refractivity (Wildman–Crippen MR) is 124 cm³/mol. The zero-order valence-electron chi connectivity index (χ0n) is 17.8. The summed E-state index contributed by atoms with van der Waals surface area (Å²) < 4.78 is 17.2. The van der Waals surface area contributed by atoms with E-state index in [2.05, 4.69) is 21.8 Å². The van der Waals surface area contributed by atoms with Gasteiger partial charge in [-0.1, -0.05) is 17.8 Å². The molecule has 0 radical (unpaired) electrons. The molecule has 6 nitrogen and oxygen atoms in total. The summed E-state index contributed by atoms with van der Waals surface area (Å²) in [6.07, 6.45) is 5.18. The first-order valence-electron chi connectivity index (χ1n) is 10.0. The second-order valence-electron chi connectivity index (χ2n) is 7.25. The van der Waals surface area contributed by atoms with Crippen LogP contribution in [0, 0.1) is 19.7 Å². The quantitative estimate of drug-likeness (QED) is 0.215. The minimum Gasteiger partial charge on any atom is -0.318 e. The summed E-state index contributed by atoms with van der Waals surface area (Å²) in [7, 11) is 0. The standard InChI is InChI=1S/C24H22FN5OS/c1-4-13-29-23(18-9-11-26-12-10-18)27-28-24(29)32-15-22(31)21-14-16(2)30(17(21)3)20-7-5-19(25)6-8-20/h4-12,14H,1,13,15H2,2-3H3. The van der Waals surface area contributed by atoms with Gasteiger partial charge in [-0.3, -0.25) is 14.3 Å². The molecule has 0 aliphatic heterocycles. The van der Waals surface area contributed by atoms with Crippen LogP contribution in [0.5, 0.6) is 0 Å². The molecular formula is C24H22FN5OS. The van der Waals surface area contributed by atoms with E-state index in [9.17, 15) is 9.18 Å². The number of carbonyl (C=O) groups is 1. The molecule has 0 atom stereocenters. The molecule has 4 aromatic rings. The van der Waals surface area contributed by atoms with Crippen molar-refractivity contribution in [3.63, 3.8) is 0 Å². The highest BCUT2D eigenvalue weighted by Crippen LogP contribution is 2.26. The van der Waals surface area contributed by atoms with Gasteiger partial charge in [-0.25, -0.2) is 4.39 Å². The largest absolute Gasteiger partial charge is 0.318 e. The second-order valence-corrected chi connectivity index (χ2v) is 8.19. The van der Waals surface area contributed by atoms with E-state index in [4.69, 9.17) is 0 Å². The smallest absolute Gasteiger partial charge is 0.192 e. The zero-order chi connectivity index (χ0) is 22.7. The molecule has 162 valence electrons. The molecule has 0 amide bonds. The monoisotopic (exact) mass is 447 g/mol. The number of pyridine rings is 1. The fourth-order valence-corrected chi connectivity index (χ4v) is 4.48.